The van der Waals surface area contributed by atoms with E-state index in [1.54, 1.807) is 30.5 Å². The van der Waals surface area contributed by atoms with Crippen molar-refractivity contribution >= 4 is 52.2 Å². The van der Waals surface area contributed by atoms with E-state index in [2.05, 4.69) is 5.10 Å². The van der Waals surface area contributed by atoms with Crippen molar-refractivity contribution in [1.82, 2.24) is 9.78 Å². The summed E-state index contributed by atoms with van der Waals surface area (Å²) < 4.78 is 1.49. The molecule has 3 rings (SSSR count). The van der Waals surface area contributed by atoms with Crippen LogP contribution in [0.3, 0.4) is 0 Å². The lowest BCUT2D eigenvalue weighted by Crippen LogP contribution is -2.04. The molecule has 1 aromatic heterocycles. The van der Waals surface area contributed by atoms with Crippen LogP contribution < -0.4 is 5.73 Å². The van der Waals surface area contributed by atoms with Gasteiger partial charge in [0.15, 0.2) is 0 Å². The first kappa shape index (κ1) is 15.5. The topological polar surface area (TPSA) is 43.8 Å². The van der Waals surface area contributed by atoms with Crippen LogP contribution >= 0.6 is 46.4 Å². The Morgan fingerprint density at radius 1 is 0.864 bits per heavy atom. The van der Waals surface area contributed by atoms with Crippen molar-refractivity contribution in [2.45, 2.75) is 0 Å². The molecular formula is C15H9Cl4N3. The van der Waals surface area contributed by atoms with Gasteiger partial charge in [-0.15, -0.1) is 0 Å². The highest BCUT2D eigenvalue weighted by molar-refractivity contribution is 6.40. The second-order valence-electron chi connectivity index (χ2n) is 4.58. The van der Waals surface area contributed by atoms with Crippen LogP contribution in [0.25, 0.3) is 16.8 Å². The second kappa shape index (κ2) is 6.01. The van der Waals surface area contributed by atoms with Crippen LogP contribution in [0.5, 0.6) is 0 Å². The van der Waals surface area contributed by atoms with Gasteiger partial charge in [-0.1, -0.05) is 58.5 Å². The zero-order chi connectivity index (χ0) is 15.9. The molecule has 3 nitrogen and oxygen atoms in total. The molecule has 0 unspecified atom stereocenters. The monoisotopic (exact) mass is 371 g/mol. The molecule has 0 bridgehead atoms. The highest BCUT2D eigenvalue weighted by Gasteiger charge is 2.16. The molecule has 0 atom stereocenters. The average molecular weight is 373 g/mol. The van der Waals surface area contributed by atoms with E-state index in [0.717, 1.165) is 11.1 Å². The Labute approximate surface area is 147 Å². The van der Waals surface area contributed by atoms with Gasteiger partial charge in [-0.25, -0.2) is 4.68 Å². The summed E-state index contributed by atoms with van der Waals surface area (Å²) in [7, 11) is 0. The molecule has 0 aliphatic heterocycles. The van der Waals surface area contributed by atoms with Gasteiger partial charge in [-0.3, -0.25) is 0 Å². The first-order valence-electron chi connectivity index (χ1n) is 6.21. The summed E-state index contributed by atoms with van der Waals surface area (Å²) in [6.45, 7) is 0. The molecule has 0 aliphatic carbocycles. The van der Waals surface area contributed by atoms with Crippen LogP contribution in [0.15, 0.2) is 42.6 Å². The Balaban J connectivity index is 2.14. The summed E-state index contributed by atoms with van der Waals surface area (Å²) in [6.07, 6.45) is 1.65. The van der Waals surface area contributed by atoms with Gasteiger partial charge < -0.3 is 5.73 Å². The third-order valence-corrected chi connectivity index (χ3v) is 4.20. The Morgan fingerprint density at radius 3 is 2.05 bits per heavy atom. The zero-order valence-electron chi connectivity index (χ0n) is 11.0. The summed E-state index contributed by atoms with van der Waals surface area (Å²) in [5.41, 5.74) is 8.35. The number of nitrogens with zero attached hydrogens (tertiary/aromatic N) is 2. The highest BCUT2D eigenvalue weighted by atomic mass is 35.5. The molecule has 0 radical (unpaired) electrons. The third kappa shape index (κ3) is 2.77. The van der Waals surface area contributed by atoms with E-state index in [1.165, 1.54) is 4.68 Å². The smallest absolute Gasteiger partial charge is 0.135 e. The minimum Gasteiger partial charge on any atom is -0.383 e. The minimum absolute atomic E-state index is 0.370. The molecular weight excluding hydrogens is 364 g/mol. The van der Waals surface area contributed by atoms with Crippen molar-refractivity contribution in [3.05, 3.63) is 62.7 Å². The van der Waals surface area contributed by atoms with E-state index in [4.69, 9.17) is 52.1 Å². The molecule has 7 heteroatoms. The number of nitrogens with two attached hydrogens (primary N) is 1. The summed E-state index contributed by atoms with van der Waals surface area (Å²) >= 11 is 24.2. The Kier molecular flexibility index (Phi) is 4.24. The van der Waals surface area contributed by atoms with Crippen LogP contribution in [0.2, 0.25) is 20.1 Å². The lowest BCUT2D eigenvalue weighted by Gasteiger charge is -2.10. The number of halogens is 4. The number of aromatic nitrogens is 2. The Bertz CT molecular complexity index is 817. The lowest BCUT2D eigenvalue weighted by atomic mass is 10.1. The molecule has 0 aliphatic rings. The van der Waals surface area contributed by atoms with Crippen LogP contribution in [0.4, 0.5) is 5.82 Å². The van der Waals surface area contributed by atoms with Crippen molar-refractivity contribution < 1.29 is 0 Å². The zero-order valence-corrected chi connectivity index (χ0v) is 14.0. The molecule has 2 aromatic carbocycles. The van der Waals surface area contributed by atoms with Gasteiger partial charge in [0.05, 0.1) is 16.2 Å². The normalized spacial score (nSPS) is 10.9. The van der Waals surface area contributed by atoms with Crippen molar-refractivity contribution in [3.63, 3.8) is 0 Å². The number of benzene rings is 2. The number of hydrogen-bond donors (Lipinski definition) is 1. The van der Waals surface area contributed by atoms with E-state index >= 15 is 0 Å². The van der Waals surface area contributed by atoms with Gasteiger partial charge in [0.2, 0.25) is 0 Å². The number of anilines is 1. The summed E-state index contributed by atoms with van der Waals surface area (Å²) in [5, 5.41) is 6.12. The van der Waals surface area contributed by atoms with E-state index in [0.29, 0.717) is 31.6 Å². The SMILES string of the molecule is Nc1c(-c2ccc(Cl)cc2)cnn1-c1c(Cl)cc(Cl)cc1Cl. The molecule has 0 fully saturated rings. The van der Waals surface area contributed by atoms with Crippen molar-refractivity contribution in [2.75, 3.05) is 5.73 Å². The number of hydrogen-bond acceptors (Lipinski definition) is 2. The van der Waals surface area contributed by atoms with Gasteiger partial charge in [0.1, 0.15) is 11.5 Å². The Morgan fingerprint density at radius 2 is 1.45 bits per heavy atom. The predicted molar refractivity (Wildman–Crippen MR) is 93.5 cm³/mol. The Hall–Kier alpha value is -1.39. The van der Waals surface area contributed by atoms with Crippen molar-refractivity contribution in [2.24, 2.45) is 0 Å². The summed E-state index contributed by atoms with van der Waals surface area (Å²) in [4.78, 5) is 0. The quantitative estimate of drug-likeness (QED) is 0.623. The van der Waals surface area contributed by atoms with E-state index in [9.17, 15) is 0 Å². The average Bonchev–Trinajstić information content (AvgIpc) is 2.81. The number of rotatable bonds is 2. The van der Waals surface area contributed by atoms with E-state index in [1.807, 2.05) is 12.1 Å². The van der Waals surface area contributed by atoms with Crippen LogP contribution in [0.1, 0.15) is 0 Å². The van der Waals surface area contributed by atoms with Gasteiger partial charge in [0, 0.05) is 15.6 Å². The third-order valence-electron chi connectivity index (χ3n) is 3.16. The van der Waals surface area contributed by atoms with Crippen LogP contribution in [-0.2, 0) is 0 Å². The van der Waals surface area contributed by atoms with E-state index in [-0.39, 0.29) is 0 Å². The first-order chi connectivity index (χ1) is 10.5. The standard InChI is InChI=1S/C15H9Cl4N3/c16-9-3-1-8(2-4-9)11-7-21-22(15(11)20)14-12(18)5-10(17)6-13(14)19/h1-7H,20H2. The maximum Gasteiger partial charge on any atom is 0.135 e. The molecule has 22 heavy (non-hydrogen) atoms. The molecule has 0 saturated carbocycles. The summed E-state index contributed by atoms with van der Waals surface area (Å²) in [6, 6.07) is 10.5. The summed E-state index contributed by atoms with van der Waals surface area (Å²) in [5.74, 6) is 0.424. The fourth-order valence-corrected chi connectivity index (χ4v) is 3.23. The van der Waals surface area contributed by atoms with Crippen LogP contribution in [0, 0.1) is 0 Å². The molecule has 0 saturated heterocycles. The first-order valence-corrected chi connectivity index (χ1v) is 7.73. The maximum atomic E-state index is 6.21. The fraction of sp³-hybridized carbons (Fsp3) is 0. The predicted octanol–water partition coefficient (Wildman–Crippen LogP) is 5.74. The highest BCUT2D eigenvalue weighted by Crippen LogP contribution is 2.36. The number of nitrogen functional groups attached to an aromatic ring is 1. The fourth-order valence-electron chi connectivity index (χ4n) is 2.12. The molecule has 1 heterocycles. The molecule has 0 spiro atoms. The van der Waals surface area contributed by atoms with Gasteiger partial charge in [-0.2, -0.15) is 5.10 Å². The molecule has 112 valence electrons. The van der Waals surface area contributed by atoms with E-state index < -0.39 is 0 Å². The van der Waals surface area contributed by atoms with Crippen molar-refractivity contribution in [1.29, 1.82) is 0 Å². The van der Waals surface area contributed by atoms with Gasteiger partial charge in [-0.05, 0) is 29.8 Å². The van der Waals surface area contributed by atoms with Crippen molar-refractivity contribution in [3.8, 4) is 16.8 Å². The molecule has 3 aromatic rings. The molecule has 0 amide bonds. The largest absolute Gasteiger partial charge is 0.383 e. The minimum atomic E-state index is 0.370. The van der Waals surface area contributed by atoms with Crippen LogP contribution in [-0.4, -0.2) is 9.78 Å². The molecule has 2 N–H and O–H groups in total. The van der Waals surface area contributed by atoms with Gasteiger partial charge >= 0.3 is 0 Å². The van der Waals surface area contributed by atoms with Gasteiger partial charge in [0.25, 0.3) is 0 Å². The second-order valence-corrected chi connectivity index (χ2v) is 6.27. The lowest BCUT2D eigenvalue weighted by molar-refractivity contribution is 0.892. The maximum absolute atomic E-state index is 6.21.